The van der Waals surface area contributed by atoms with E-state index in [9.17, 15) is 4.79 Å². The molecule has 0 bridgehead atoms. The SMILES string of the molecule is CC12CSC=C1NC(=O)[NH2+]2. The van der Waals surface area contributed by atoms with E-state index >= 15 is 0 Å². The number of primary amides is 1. The van der Waals surface area contributed by atoms with Gasteiger partial charge in [-0.05, 0) is 12.3 Å². The van der Waals surface area contributed by atoms with Crippen molar-refractivity contribution in [1.29, 1.82) is 0 Å². The molecule has 0 aromatic carbocycles. The lowest BCUT2D eigenvalue weighted by Crippen LogP contribution is -2.96. The topological polar surface area (TPSA) is 45.7 Å². The van der Waals surface area contributed by atoms with Crippen molar-refractivity contribution in [2.24, 2.45) is 0 Å². The number of thioether (sulfide) groups is 1. The van der Waals surface area contributed by atoms with Gasteiger partial charge in [0.25, 0.3) is 0 Å². The van der Waals surface area contributed by atoms with Gasteiger partial charge < -0.3 is 0 Å². The lowest BCUT2D eigenvalue weighted by atomic mass is 10.0. The molecule has 3 nitrogen and oxygen atoms in total. The molecule has 1 fully saturated rings. The minimum absolute atomic E-state index is 0.0156. The summed E-state index contributed by atoms with van der Waals surface area (Å²) in [5.41, 5.74) is 1.09. The van der Waals surface area contributed by atoms with Crippen molar-refractivity contribution >= 4 is 17.8 Å². The van der Waals surface area contributed by atoms with Crippen molar-refractivity contribution in [2.45, 2.75) is 12.5 Å². The van der Waals surface area contributed by atoms with Gasteiger partial charge in [0.2, 0.25) is 0 Å². The van der Waals surface area contributed by atoms with Gasteiger partial charge in [0.05, 0.1) is 11.4 Å². The van der Waals surface area contributed by atoms with Crippen LogP contribution in [-0.4, -0.2) is 17.3 Å². The zero-order chi connectivity index (χ0) is 7.19. The van der Waals surface area contributed by atoms with Crippen molar-refractivity contribution in [1.82, 2.24) is 5.32 Å². The fraction of sp³-hybridized carbons (Fsp3) is 0.500. The minimum Gasteiger partial charge on any atom is -0.272 e. The Morgan fingerprint density at radius 1 is 1.90 bits per heavy atom. The molecule has 1 atom stereocenters. The van der Waals surface area contributed by atoms with Gasteiger partial charge in [-0.15, -0.1) is 11.8 Å². The number of nitrogens with one attached hydrogen (secondary N) is 1. The quantitative estimate of drug-likeness (QED) is 0.503. The third-order valence-corrected chi connectivity index (χ3v) is 3.08. The average molecular weight is 157 g/mol. The number of fused-ring (bicyclic) bond motifs is 1. The van der Waals surface area contributed by atoms with Crippen molar-refractivity contribution in [3.8, 4) is 0 Å². The molecule has 0 aliphatic carbocycles. The van der Waals surface area contributed by atoms with Gasteiger partial charge in [0.15, 0.2) is 5.54 Å². The predicted octanol–water partition coefficient (Wildman–Crippen LogP) is -0.380. The number of nitrogens with two attached hydrogens (primary N) is 1. The number of quaternary nitrogens is 1. The van der Waals surface area contributed by atoms with E-state index in [2.05, 4.69) is 12.2 Å². The molecule has 4 heteroatoms. The maximum absolute atomic E-state index is 10.8. The van der Waals surface area contributed by atoms with Crippen LogP contribution in [0.25, 0.3) is 0 Å². The second kappa shape index (κ2) is 1.77. The van der Waals surface area contributed by atoms with Gasteiger partial charge >= 0.3 is 6.03 Å². The lowest BCUT2D eigenvalue weighted by molar-refractivity contribution is -0.605. The van der Waals surface area contributed by atoms with E-state index in [-0.39, 0.29) is 11.6 Å². The Morgan fingerprint density at radius 2 is 2.70 bits per heavy atom. The number of rotatable bonds is 0. The molecule has 0 saturated carbocycles. The second-order valence-electron chi connectivity index (χ2n) is 2.89. The summed E-state index contributed by atoms with van der Waals surface area (Å²) in [5.74, 6) is 1.00. The summed E-state index contributed by atoms with van der Waals surface area (Å²) in [5, 5.41) is 6.59. The van der Waals surface area contributed by atoms with Crippen LogP contribution in [0.3, 0.4) is 0 Å². The van der Waals surface area contributed by atoms with Crippen LogP contribution in [0, 0.1) is 0 Å². The van der Waals surface area contributed by atoms with E-state index in [1.807, 2.05) is 5.41 Å². The fourth-order valence-corrected chi connectivity index (χ4v) is 2.42. The van der Waals surface area contributed by atoms with Gasteiger partial charge in [-0.1, -0.05) is 0 Å². The Kier molecular flexibility index (Phi) is 1.10. The van der Waals surface area contributed by atoms with Crippen LogP contribution >= 0.6 is 11.8 Å². The van der Waals surface area contributed by atoms with E-state index in [0.717, 1.165) is 11.4 Å². The Bertz CT molecular complexity index is 226. The number of carbonyl (C=O) groups excluding carboxylic acids is 1. The van der Waals surface area contributed by atoms with Crippen LogP contribution in [0.1, 0.15) is 6.92 Å². The van der Waals surface area contributed by atoms with Crippen LogP contribution in [0.5, 0.6) is 0 Å². The van der Waals surface area contributed by atoms with Crippen LogP contribution in [0.15, 0.2) is 11.1 Å². The standard InChI is InChI=1S/C6H8N2OS/c1-6-3-10-2-4(6)7-5(9)8-6/h2H,3H2,1H3,(H2,7,8,9)/p+1. The maximum Gasteiger partial charge on any atom is 0.418 e. The summed E-state index contributed by atoms with van der Waals surface area (Å²) in [4.78, 5) is 10.8. The van der Waals surface area contributed by atoms with Crippen molar-refractivity contribution in [3.05, 3.63) is 11.1 Å². The first-order chi connectivity index (χ1) is 4.71. The first kappa shape index (κ1) is 6.24. The predicted molar refractivity (Wildman–Crippen MR) is 39.4 cm³/mol. The highest BCUT2D eigenvalue weighted by Gasteiger charge is 2.45. The largest absolute Gasteiger partial charge is 0.418 e. The third kappa shape index (κ3) is 0.690. The molecule has 2 amide bonds. The Hall–Kier alpha value is -0.480. The Morgan fingerprint density at radius 3 is 3.40 bits per heavy atom. The summed E-state index contributed by atoms with van der Waals surface area (Å²) in [7, 11) is 0. The van der Waals surface area contributed by atoms with Crippen LogP contribution < -0.4 is 10.6 Å². The van der Waals surface area contributed by atoms with Gasteiger partial charge in [-0.3, -0.25) is 10.6 Å². The molecule has 0 spiro atoms. The molecule has 2 aliphatic heterocycles. The average Bonchev–Trinajstić information content (AvgIpc) is 2.20. The van der Waals surface area contributed by atoms with Crippen LogP contribution in [-0.2, 0) is 0 Å². The number of urea groups is 1. The number of hydrogen-bond acceptors (Lipinski definition) is 2. The van der Waals surface area contributed by atoms with Crippen molar-refractivity contribution < 1.29 is 10.1 Å². The second-order valence-corrected chi connectivity index (χ2v) is 3.75. The summed E-state index contributed by atoms with van der Waals surface area (Å²) in [6.07, 6.45) is 0. The zero-order valence-electron chi connectivity index (χ0n) is 5.68. The monoisotopic (exact) mass is 157 g/mol. The number of hydrogen-bond donors (Lipinski definition) is 2. The van der Waals surface area contributed by atoms with Crippen LogP contribution in [0.4, 0.5) is 4.79 Å². The summed E-state index contributed by atoms with van der Waals surface area (Å²) >= 11 is 1.76. The minimum atomic E-state index is 0.0156. The van der Waals surface area contributed by atoms with Crippen LogP contribution in [0.2, 0.25) is 0 Å². The smallest absolute Gasteiger partial charge is 0.272 e. The molecular weight excluding hydrogens is 148 g/mol. The third-order valence-electron chi connectivity index (χ3n) is 1.91. The Labute approximate surface area is 63.2 Å². The summed E-state index contributed by atoms with van der Waals surface area (Å²) in [6.45, 7) is 2.08. The highest BCUT2D eigenvalue weighted by Crippen LogP contribution is 2.28. The van der Waals surface area contributed by atoms with Gasteiger partial charge in [0.1, 0.15) is 0 Å². The van der Waals surface area contributed by atoms with E-state index < -0.39 is 0 Å². The van der Waals surface area contributed by atoms with E-state index in [4.69, 9.17) is 0 Å². The summed E-state index contributed by atoms with van der Waals surface area (Å²) < 4.78 is 0. The molecular formula is C6H9N2OS+. The lowest BCUT2D eigenvalue weighted by Gasteiger charge is -2.11. The molecule has 54 valence electrons. The molecule has 0 aromatic rings. The fourth-order valence-electron chi connectivity index (χ4n) is 1.26. The van der Waals surface area contributed by atoms with E-state index in [1.165, 1.54) is 0 Å². The number of carbonyl (C=O) groups is 1. The molecule has 1 unspecified atom stereocenters. The molecule has 2 rings (SSSR count). The molecule has 2 heterocycles. The van der Waals surface area contributed by atoms with Crippen molar-refractivity contribution in [2.75, 3.05) is 5.75 Å². The molecule has 0 radical (unpaired) electrons. The zero-order valence-corrected chi connectivity index (χ0v) is 6.49. The normalized spacial score (nSPS) is 37.3. The van der Waals surface area contributed by atoms with Gasteiger partial charge in [-0.25, -0.2) is 4.79 Å². The molecule has 3 N–H and O–H groups in total. The summed E-state index contributed by atoms with van der Waals surface area (Å²) in [6, 6.07) is 0.0500. The molecule has 0 aromatic heterocycles. The van der Waals surface area contributed by atoms with E-state index in [1.54, 1.807) is 17.1 Å². The first-order valence-corrected chi connectivity index (χ1v) is 4.25. The maximum atomic E-state index is 10.8. The molecule has 1 saturated heterocycles. The highest BCUT2D eigenvalue weighted by molar-refractivity contribution is 8.02. The number of amides is 2. The van der Waals surface area contributed by atoms with Crippen molar-refractivity contribution in [3.63, 3.8) is 0 Å². The van der Waals surface area contributed by atoms with Gasteiger partial charge in [0, 0.05) is 0 Å². The Balaban J connectivity index is 2.35. The molecule has 10 heavy (non-hydrogen) atoms. The van der Waals surface area contributed by atoms with Gasteiger partial charge in [-0.2, -0.15) is 0 Å². The molecule has 2 aliphatic rings. The van der Waals surface area contributed by atoms with E-state index in [0.29, 0.717) is 0 Å². The first-order valence-electron chi connectivity index (χ1n) is 3.20. The highest BCUT2D eigenvalue weighted by atomic mass is 32.2.